The SMILES string of the molecule is CCOc1cccc(C(O)c2cccc(Cl)c2)c1. The maximum atomic E-state index is 10.3. The molecule has 0 aromatic heterocycles. The molecule has 0 fully saturated rings. The van der Waals surface area contributed by atoms with Crippen molar-refractivity contribution in [1.82, 2.24) is 0 Å². The van der Waals surface area contributed by atoms with E-state index in [1.165, 1.54) is 0 Å². The molecule has 1 atom stereocenters. The molecular weight excluding hydrogens is 248 g/mol. The summed E-state index contributed by atoms with van der Waals surface area (Å²) in [4.78, 5) is 0. The largest absolute Gasteiger partial charge is 0.494 e. The van der Waals surface area contributed by atoms with E-state index in [0.29, 0.717) is 11.6 Å². The lowest BCUT2D eigenvalue weighted by Crippen LogP contribution is -2.00. The fourth-order valence-electron chi connectivity index (χ4n) is 1.81. The summed E-state index contributed by atoms with van der Waals surface area (Å²) in [6, 6.07) is 14.7. The van der Waals surface area contributed by atoms with E-state index in [4.69, 9.17) is 16.3 Å². The van der Waals surface area contributed by atoms with Crippen LogP contribution < -0.4 is 4.74 Å². The van der Waals surface area contributed by atoms with E-state index in [9.17, 15) is 5.11 Å². The van der Waals surface area contributed by atoms with Gasteiger partial charge in [0.2, 0.25) is 0 Å². The Kier molecular flexibility index (Phi) is 4.24. The Morgan fingerprint density at radius 3 is 2.44 bits per heavy atom. The molecule has 0 saturated carbocycles. The minimum Gasteiger partial charge on any atom is -0.494 e. The molecule has 0 aliphatic carbocycles. The fraction of sp³-hybridized carbons (Fsp3) is 0.200. The second-order valence-corrected chi connectivity index (χ2v) is 4.40. The molecule has 0 bridgehead atoms. The predicted molar refractivity (Wildman–Crippen MR) is 73.1 cm³/mol. The summed E-state index contributed by atoms with van der Waals surface area (Å²) in [6.07, 6.45) is -0.691. The van der Waals surface area contributed by atoms with Crippen LogP contribution in [0.25, 0.3) is 0 Å². The summed E-state index contributed by atoms with van der Waals surface area (Å²) in [7, 11) is 0. The van der Waals surface area contributed by atoms with E-state index in [1.807, 2.05) is 43.3 Å². The minimum atomic E-state index is -0.691. The molecule has 2 rings (SSSR count). The molecule has 2 aromatic carbocycles. The molecule has 0 aliphatic rings. The van der Waals surface area contributed by atoms with Gasteiger partial charge in [0.25, 0.3) is 0 Å². The van der Waals surface area contributed by atoms with E-state index < -0.39 is 6.10 Å². The van der Waals surface area contributed by atoms with Crippen LogP contribution in [0.5, 0.6) is 5.75 Å². The Bertz CT molecular complexity index is 525. The van der Waals surface area contributed by atoms with E-state index >= 15 is 0 Å². The van der Waals surface area contributed by atoms with Gasteiger partial charge in [-0.15, -0.1) is 0 Å². The first kappa shape index (κ1) is 12.9. The smallest absolute Gasteiger partial charge is 0.119 e. The van der Waals surface area contributed by atoms with Gasteiger partial charge in [-0.1, -0.05) is 35.9 Å². The number of halogens is 1. The fourth-order valence-corrected chi connectivity index (χ4v) is 2.01. The van der Waals surface area contributed by atoms with Gasteiger partial charge in [0.05, 0.1) is 6.61 Å². The first-order valence-electron chi connectivity index (χ1n) is 5.87. The number of aliphatic hydroxyl groups is 1. The van der Waals surface area contributed by atoms with Crippen molar-refractivity contribution in [3.05, 3.63) is 64.7 Å². The van der Waals surface area contributed by atoms with Gasteiger partial charge in [-0.2, -0.15) is 0 Å². The van der Waals surface area contributed by atoms with Crippen molar-refractivity contribution >= 4 is 11.6 Å². The van der Waals surface area contributed by atoms with Gasteiger partial charge in [-0.25, -0.2) is 0 Å². The van der Waals surface area contributed by atoms with Gasteiger partial charge in [-0.05, 0) is 42.3 Å². The van der Waals surface area contributed by atoms with Gasteiger partial charge < -0.3 is 9.84 Å². The van der Waals surface area contributed by atoms with Crippen LogP contribution in [-0.2, 0) is 0 Å². The zero-order valence-electron chi connectivity index (χ0n) is 10.1. The van der Waals surface area contributed by atoms with Crippen LogP contribution in [0.15, 0.2) is 48.5 Å². The molecule has 1 N–H and O–H groups in total. The minimum absolute atomic E-state index is 0.608. The summed E-state index contributed by atoms with van der Waals surface area (Å²) in [5.41, 5.74) is 1.57. The highest BCUT2D eigenvalue weighted by atomic mass is 35.5. The third kappa shape index (κ3) is 3.03. The highest BCUT2D eigenvalue weighted by Crippen LogP contribution is 2.26. The van der Waals surface area contributed by atoms with Crippen LogP contribution in [0.2, 0.25) is 5.02 Å². The van der Waals surface area contributed by atoms with E-state index in [0.717, 1.165) is 16.9 Å². The third-order valence-electron chi connectivity index (χ3n) is 2.65. The third-order valence-corrected chi connectivity index (χ3v) is 2.88. The summed E-state index contributed by atoms with van der Waals surface area (Å²) >= 11 is 5.92. The summed E-state index contributed by atoms with van der Waals surface area (Å²) in [5.74, 6) is 0.760. The quantitative estimate of drug-likeness (QED) is 0.908. The summed E-state index contributed by atoms with van der Waals surface area (Å²) in [5, 5.41) is 10.9. The maximum Gasteiger partial charge on any atom is 0.119 e. The first-order chi connectivity index (χ1) is 8.70. The van der Waals surface area contributed by atoms with Crippen LogP contribution in [0.4, 0.5) is 0 Å². The van der Waals surface area contributed by atoms with Crippen molar-refractivity contribution in [2.24, 2.45) is 0 Å². The molecule has 3 heteroatoms. The Morgan fingerprint density at radius 2 is 1.78 bits per heavy atom. The number of hydrogen-bond donors (Lipinski definition) is 1. The lowest BCUT2D eigenvalue weighted by Gasteiger charge is -2.13. The summed E-state index contributed by atoms with van der Waals surface area (Å²) < 4.78 is 5.42. The highest BCUT2D eigenvalue weighted by Gasteiger charge is 2.11. The number of rotatable bonds is 4. The average Bonchev–Trinajstić information content (AvgIpc) is 2.39. The lowest BCUT2D eigenvalue weighted by atomic mass is 10.0. The monoisotopic (exact) mass is 262 g/mol. The molecule has 2 nitrogen and oxygen atoms in total. The van der Waals surface area contributed by atoms with Crippen LogP contribution in [0.3, 0.4) is 0 Å². The van der Waals surface area contributed by atoms with E-state index in [-0.39, 0.29) is 0 Å². The Labute approximate surface area is 112 Å². The van der Waals surface area contributed by atoms with Gasteiger partial charge in [0, 0.05) is 5.02 Å². The van der Waals surface area contributed by atoms with E-state index in [1.54, 1.807) is 12.1 Å². The number of benzene rings is 2. The maximum absolute atomic E-state index is 10.3. The van der Waals surface area contributed by atoms with Gasteiger partial charge in [-0.3, -0.25) is 0 Å². The standard InChI is InChI=1S/C15H15ClO2/c1-2-18-14-8-4-6-12(10-14)15(17)11-5-3-7-13(16)9-11/h3-10,15,17H,2H2,1H3. The Morgan fingerprint density at radius 1 is 1.11 bits per heavy atom. The predicted octanol–water partition coefficient (Wildman–Crippen LogP) is 3.82. The number of ether oxygens (including phenoxy) is 1. The molecule has 0 spiro atoms. The van der Waals surface area contributed by atoms with Crippen molar-refractivity contribution in [1.29, 1.82) is 0 Å². The molecule has 2 aromatic rings. The highest BCUT2D eigenvalue weighted by molar-refractivity contribution is 6.30. The van der Waals surface area contributed by atoms with E-state index in [2.05, 4.69) is 0 Å². The molecule has 0 radical (unpaired) electrons. The molecule has 1 unspecified atom stereocenters. The number of hydrogen-bond acceptors (Lipinski definition) is 2. The normalized spacial score (nSPS) is 12.2. The van der Waals surface area contributed by atoms with Crippen LogP contribution in [-0.4, -0.2) is 11.7 Å². The Balaban J connectivity index is 2.27. The van der Waals surface area contributed by atoms with Crippen molar-refractivity contribution in [2.45, 2.75) is 13.0 Å². The molecule has 0 amide bonds. The van der Waals surface area contributed by atoms with Gasteiger partial charge >= 0.3 is 0 Å². The molecule has 0 aliphatic heterocycles. The molecule has 18 heavy (non-hydrogen) atoms. The van der Waals surface area contributed by atoms with Crippen molar-refractivity contribution in [3.8, 4) is 5.75 Å². The lowest BCUT2D eigenvalue weighted by molar-refractivity contribution is 0.219. The first-order valence-corrected chi connectivity index (χ1v) is 6.25. The number of aliphatic hydroxyl groups excluding tert-OH is 1. The molecule has 0 heterocycles. The van der Waals surface area contributed by atoms with Crippen LogP contribution >= 0.6 is 11.6 Å². The van der Waals surface area contributed by atoms with Crippen LogP contribution in [0.1, 0.15) is 24.2 Å². The zero-order chi connectivity index (χ0) is 13.0. The molecule has 94 valence electrons. The van der Waals surface area contributed by atoms with Crippen molar-refractivity contribution in [2.75, 3.05) is 6.61 Å². The Hall–Kier alpha value is -1.51. The van der Waals surface area contributed by atoms with Crippen LogP contribution in [0, 0.1) is 0 Å². The second kappa shape index (κ2) is 5.89. The van der Waals surface area contributed by atoms with Gasteiger partial charge in [0.15, 0.2) is 0 Å². The molecular formula is C15H15ClO2. The summed E-state index contributed by atoms with van der Waals surface area (Å²) in [6.45, 7) is 2.54. The van der Waals surface area contributed by atoms with Gasteiger partial charge in [0.1, 0.15) is 11.9 Å². The molecule has 0 saturated heterocycles. The average molecular weight is 263 g/mol. The second-order valence-electron chi connectivity index (χ2n) is 3.96. The van der Waals surface area contributed by atoms with Crippen molar-refractivity contribution < 1.29 is 9.84 Å². The zero-order valence-corrected chi connectivity index (χ0v) is 10.9. The van der Waals surface area contributed by atoms with Crippen molar-refractivity contribution in [3.63, 3.8) is 0 Å². The topological polar surface area (TPSA) is 29.5 Å².